The lowest BCUT2D eigenvalue weighted by Crippen LogP contribution is -2.54. The number of nitrogens with zero attached hydrogens (tertiary/aromatic N) is 2. The number of halogens is 1. The lowest BCUT2D eigenvalue weighted by atomic mass is 10.1. The summed E-state index contributed by atoms with van der Waals surface area (Å²) < 4.78 is 0. The van der Waals surface area contributed by atoms with Gasteiger partial charge in [0.25, 0.3) is 0 Å². The number of nitrogens with one attached hydrogen (secondary N) is 1. The third kappa shape index (κ3) is 4.45. The van der Waals surface area contributed by atoms with Crippen LogP contribution in [0.15, 0.2) is 52.3 Å². The van der Waals surface area contributed by atoms with Gasteiger partial charge < -0.3 is 15.1 Å². The molecule has 1 N–H and O–H groups in total. The van der Waals surface area contributed by atoms with E-state index in [1.54, 1.807) is 0 Å². The van der Waals surface area contributed by atoms with Gasteiger partial charge in [-0.15, -0.1) is 0 Å². The molecule has 0 aromatic heterocycles. The van der Waals surface area contributed by atoms with Crippen molar-refractivity contribution in [2.75, 3.05) is 31.1 Å². The smallest absolute Gasteiger partial charge is 0.0567 e. The zero-order valence-corrected chi connectivity index (χ0v) is 17.7. The van der Waals surface area contributed by atoms with Crippen molar-refractivity contribution >= 4 is 34.7 Å². The largest absolute Gasteiger partial charge is 0.340 e. The van der Waals surface area contributed by atoms with E-state index < -0.39 is 0 Å². The molecule has 144 valence electrons. The zero-order valence-electron chi connectivity index (χ0n) is 16.1. The second-order valence-electron chi connectivity index (χ2n) is 7.77. The molecule has 2 aliphatic heterocycles. The Morgan fingerprint density at radius 1 is 0.963 bits per heavy atom. The summed E-state index contributed by atoms with van der Waals surface area (Å²) in [6.45, 7) is 9.10. The van der Waals surface area contributed by atoms with E-state index in [4.69, 9.17) is 11.6 Å². The third-order valence-corrected chi connectivity index (χ3v) is 6.69. The number of para-hydroxylation sites is 1. The molecule has 27 heavy (non-hydrogen) atoms. The van der Waals surface area contributed by atoms with E-state index in [0.29, 0.717) is 12.1 Å². The van der Waals surface area contributed by atoms with Crippen molar-refractivity contribution in [1.29, 1.82) is 0 Å². The molecule has 1 fully saturated rings. The highest BCUT2D eigenvalue weighted by molar-refractivity contribution is 7.99. The highest BCUT2D eigenvalue weighted by Gasteiger charge is 2.24. The van der Waals surface area contributed by atoms with E-state index in [0.717, 1.165) is 24.7 Å². The summed E-state index contributed by atoms with van der Waals surface area (Å²) in [5.41, 5.74) is 2.55. The van der Waals surface area contributed by atoms with Crippen LogP contribution in [0.5, 0.6) is 0 Å². The van der Waals surface area contributed by atoms with Crippen molar-refractivity contribution in [2.24, 2.45) is 0 Å². The maximum absolute atomic E-state index is 6.31. The van der Waals surface area contributed by atoms with Crippen LogP contribution in [0.4, 0.5) is 11.4 Å². The van der Waals surface area contributed by atoms with E-state index in [1.807, 2.05) is 17.8 Å². The molecule has 2 unspecified atom stereocenters. The summed E-state index contributed by atoms with van der Waals surface area (Å²) in [5.74, 6) is 0. The molecule has 5 heteroatoms. The van der Waals surface area contributed by atoms with Crippen LogP contribution in [0.3, 0.4) is 0 Å². The summed E-state index contributed by atoms with van der Waals surface area (Å²) in [6.07, 6.45) is 2.40. The number of fused-ring (bicyclic) bond motifs is 2. The molecule has 0 radical (unpaired) electrons. The monoisotopic (exact) mass is 401 g/mol. The van der Waals surface area contributed by atoms with Gasteiger partial charge in [0.15, 0.2) is 0 Å². The van der Waals surface area contributed by atoms with E-state index in [9.17, 15) is 0 Å². The van der Waals surface area contributed by atoms with Crippen molar-refractivity contribution in [3.63, 3.8) is 0 Å². The average Bonchev–Trinajstić information content (AvgIpc) is 2.64. The molecule has 2 aromatic rings. The highest BCUT2D eigenvalue weighted by Crippen LogP contribution is 2.48. The minimum absolute atomic E-state index is 0.591. The van der Waals surface area contributed by atoms with Crippen molar-refractivity contribution in [3.05, 3.63) is 47.5 Å². The maximum atomic E-state index is 6.31. The van der Waals surface area contributed by atoms with Crippen LogP contribution in [0.2, 0.25) is 5.02 Å². The molecule has 4 rings (SSSR count). The summed E-state index contributed by atoms with van der Waals surface area (Å²) in [7, 11) is 0. The first-order chi connectivity index (χ1) is 13.1. The molecular weight excluding hydrogens is 374 g/mol. The van der Waals surface area contributed by atoms with Gasteiger partial charge in [-0.1, -0.05) is 35.5 Å². The number of benzene rings is 2. The Hall–Kier alpha value is -1.20. The first-order valence-electron chi connectivity index (χ1n) is 9.92. The summed E-state index contributed by atoms with van der Waals surface area (Å²) >= 11 is 8.15. The lowest BCUT2D eigenvalue weighted by molar-refractivity contribution is 0.171. The molecular formula is C22H28ClN3S. The predicted molar refractivity (Wildman–Crippen MR) is 117 cm³/mol. The second kappa shape index (κ2) is 8.44. The quantitative estimate of drug-likeness (QED) is 0.675. The fourth-order valence-electron chi connectivity index (χ4n) is 4.27. The SMILES string of the molecule is CC1CN(CCCCN2c3ccccc3Sc3ccc(Cl)cc32)CC(C)N1. The van der Waals surface area contributed by atoms with Crippen molar-refractivity contribution in [3.8, 4) is 0 Å². The van der Waals surface area contributed by atoms with Crippen LogP contribution in [-0.4, -0.2) is 43.2 Å². The van der Waals surface area contributed by atoms with E-state index in [-0.39, 0.29) is 0 Å². The molecule has 0 amide bonds. The third-order valence-electron chi connectivity index (χ3n) is 5.33. The Balaban J connectivity index is 1.42. The number of rotatable bonds is 5. The minimum atomic E-state index is 0.591. The molecule has 2 aliphatic rings. The topological polar surface area (TPSA) is 18.5 Å². The van der Waals surface area contributed by atoms with Gasteiger partial charge in [-0.25, -0.2) is 0 Å². The molecule has 1 saturated heterocycles. The van der Waals surface area contributed by atoms with Crippen molar-refractivity contribution in [2.45, 2.75) is 48.6 Å². The summed E-state index contributed by atoms with van der Waals surface area (Å²) in [4.78, 5) is 7.69. The minimum Gasteiger partial charge on any atom is -0.340 e. The standard InChI is InChI=1S/C22H28ClN3S/c1-16-14-25(15-17(2)24-16)11-5-6-12-26-19-7-3-4-8-21(19)27-22-10-9-18(23)13-20(22)26/h3-4,7-10,13,16-17,24H,5-6,11-12,14-15H2,1-2H3. The van der Waals surface area contributed by atoms with E-state index >= 15 is 0 Å². The van der Waals surface area contributed by atoms with E-state index in [2.05, 4.69) is 65.4 Å². The highest BCUT2D eigenvalue weighted by atomic mass is 35.5. The fourth-order valence-corrected chi connectivity index (χ4v) is 5.51. The summed E-state index contributed by atoms with van der Waals surface area (Å²) in [5, 5.41) is 4.42. The predicted octanol–water partition coefficient (Wildman–Crippen LogP) is 5.41. The van der Waals surface area contributed by atoms with E-state index in [1.165, 1.54) is 40.6 Å². The first kappa shape index (κ1) is 19.1. The maximum Gasteiger partial charge on any atom is 0.0567 e. The molecule has 0 bridgehead atoms. The number of unbranched alkanes of at least 4 members (excludes halogenated alkanes) is 1. The molecule has 2 atom stereocenters. The Bertz CT molecular complexity index is 787. The molecule has 2 heterocycles. The van der Waals surface area contributed by atoms with Crippen LogP contribution >= 0.6 is 23.4 Å². The Labute approximate surface area is 172 Å². The van der Waals surface area contributed by atoms with Crippen LogP contribution in [0.25, 0.3) is 0 Å². The fraction of sp³-hybridized carbons (Fsp3) is 0.455. The van der Waals surface area contributed by atoms with Gasteiger partial charge in [0, 0.05) is 46.5 Å². The number of piperazine rings is 1. The van der Waals surface area contributed by atoms with Crippen LogP contribution < -0.4 is 10.2 Å². The molecule has 0 spiro atoms. The summed E-state index contributed by atoms with van der Waals surface area (Å²) in [6, 6.07) is 16.1. The van der Waals surface area contributed by atoms with Gasteiger partial charge in [-0.05, 0) is 63.6 Å². The van der Waals surface area contributed by atoms with Crippen molar-refractivity contribution in [1.82, 2.24) is 10.2 Å². The molecule has 0 saturated carbocycles. The van der Waals surface area contributed by atoms with Crippen molar-refractivity contribution < 1.29 is 0 Å². The van der Waals surface area contributed by atoms with Crippen LogP contribution in [-0.2, 0) is 0 Å². The normalized spacial score (nSPS) is 22.4. The molecule has 3 nitrogen and oxygen atoms in total. The lowest BCUT2D eigenvalue weighted by Gasteiger charge is -2.36. The Morgan fingerprint density at radius 2 is 1.67 bits per heavy atom. The van der Waals surface area contributed by atoms with Gasteiger partial charge in [-0.2, -0.15) is 0 Å². The average molecular weight is 402 g/mol. The van der Waals surface area contributed by atoms with Crippen LogP contribution in [0, 0.1) is 0 Å². The van der Waals surface area contributed by atoms with Gasteiger partial charge in [0.2, 0.25) is 0 Å². The van der Waals surface area contributed by atoms with Gasteiger partial charge in [0.05, 0.1) is 11.4 Å². The zero-order chi connectivity index (χ0) is 18.8. The Morgan fingerprint density at radius 3 is 2.48 bits per heavy atom. The Kier molecular flexibility index (Phi) is 5.98. The number of hydrogen-bond donors (Lipinski definition) is 1. The first-order valence-corrected chi connectivity index (χ1v) is 11.1. The van der Waals surface area contributed by atoms with Crippen LogP contribution in [0.1, 0.15) is 26.7 Å². The number of hydrogen-bond acceptors (Lipinski definition) is 4. The molecule has 0 aliphatic carbocycles. The second-order valence-corrected chi connectivity index (χ2v) is 9.29. The molecule has 2 aromatic carbocycles. The number of anilines is 2. The van der Waals surface area contributed by atoms with Gasteiger partial charge >= 0.3 is 0 Å². The van der Waals surface area contributed by atoms with Gasteiger partial charge in [-0.3, -0.25) is 0 Å². The van der Waals surface area contributed by atoms with Gasteiger partial charge in [0.1, 0.15) is 0 Å².